The number of carboxylic acid groups (broad SMARTS) is 1. The van der Waals surface area contributed by atoms with Gasteiger partial charge in [0.1, 0.15) is 0 Å². The average Bonchev–Trinajstić information content (AvgIpc) is 3.38. The van der Waals surface area contributed by atoms with Gasteiger partial charge in [-0.05, 0) is 60.6 Å². The van der Waals surface area contributed by atoms with Gasteiger partial charge in [-0.3, -0.25) is 4.90 Å². The summed E-state index contributed by atoms with van der Waals surface area (Å²) in [4.78, 5) is 13.6. The van der Waals surface area contributed by atoms with E-state index in [1.807, 2.05) is 24.3 Å². The van der Waals surface area contributed by atoms with Crippen molar-refractivity contribution in [1.82, 2.24) is 4.90 Å². The van der Waals surface area contributed by atoms with Crippen molar-refractivity contribution in [2.24, 2.45) is 5.92 Å². The predicted molar refractivity (Wildman–Crippen MR) is 96.6 cm³/mol. The fourth-order valence-electron chi connectivity index (χ4n) is 2.90. The Labute approximate surface area is 147 Å². The standard InChI is InChI=1S/C20H22ClNO2/c21-19-8-6-15(7-9-19)10-11-22(13-16-4-5-16)14-17-2-1-3-18(12-17)20(23)24/h1-3,6-9,12,16H,4-5,10-11,13-14H2,(H,23,24). The first-order chi connectivity index (χ1) is 11.6. The molecule has 3 nitrogen and oxygen atoms in total. The minimum atomic E-state index is -0.869. The van der Waals surface area contributed by atoms with E-state index in [4.69, 9.17) is 16.7 Å². The van der Waals surface area contributed by atoms with Gasteiger partial charge in [-0.25, -0.2) is 4.79 Å². The van der Waals surface area contributed by atoms with Gasteiger partial charge >= 0.3 is 5.97 Å². The number of hydrogen-bond donors (Lipinski definition) is 1. The van der Waals surface area contributed by atoms with Crippen LogP contribution in [0.3, 0.4) is 0 Å². The molecule has 3 rings (SSSR count). The molecule has 0 atom stereocenters. The van der Waals surface area contributed by atoms with Crippen molar-refractivity contribution in [2.75, 3.05) is 13.1 Å². The zero-order chi connectivity index (χ0) is 16.9. The number of nitrogens with zero attached hydrogens (tertiary/aromatic N) is 1. The fourth-order valence-corrected chi connectivity index (χ4v) is 3.03. The van der Waals surface area contributed by atoms with E-state index in [0.717, 1.165) is 42.6 Å². The van der Waals surface area contributed by atoms with E-state index in [0.29, 0.717) is 5.56 Å². The van der Waals surface area contributed by atoms with Crippen molar-refractivity contribution >= 4 is 17.6 Å². The van der Waals surface area contributed by atoms with Gasteiger partial charge in [-0.1, -0.05) is 35.9 Å². The lowest BCUT2D eigenvalue weighted by atomic mass is 10.1. The first kappa shape index (κ1) is 17.0. The van der Waals surface area contributed by atoms with Crippen LogP contribution in [0.2, 0.25) is 5.02 Å². The highest BCUT2D eigenvalue weighted by atomic mass is 35.5. The average molecular weight is 344 g/mol. The summed E-state index contributed by atoms with van der Waals surface area (Å²) >= 11 is 5.94. The molecule has 2 aromatic carbocycles. The number of benzene rings is 2. The second-order valence-electron chi connectivity index (χ2n) is 6.56. The molecule has 0 spiro atoms. The van der Waals surface area contributed by atoms with Gasteiger partial charge in [0.15, 0.2) is 0 Å². The summed E-state index contributed by atoms with van der Waals surface area (Å²) in [6, 6.07) is 15.3. The van der Waals surface area contributed by atoms with E-state index in [1.54, 1.807) is 12.1 Å². The van der Waals surface area contributed by atoms with Crippen molar-refractivity contribution in [3.8, 4) is 0 Å². The highest BCUT2D eigenvalue weighted by Gasteiger charge is 2.24. The summed E-state index contributed by atoms with van der Waals surface area (Å²) in [5.74, 6) is -0.0652. The molecule has 0 bridgehead atoms. The summed E-state index contributed by atoms with van der Waals surface area (Å²) in [6.07, 6.45) is 3.60. The molecule has 0 heterocycles. The summed E-state index contributed by atoms with van der Waals surface area (Å²) in [5.41, 5.74) is 2.70. The van der Waals surface area contributed by atoms with Crippen LogP contribution in [0, 0.1) is 5.92 Å². The quantitative estimate of drug-likeness (QED) is 0.767. The van der Waals surface area contributed by atoms with Crippen molar-refractivity contribution in [2.45, 2.75) is 25.8 Å². The molecule has 0 amide bonds. The molecule has 126 valence electrons. The zero-order valence-corrected chi connectivity index (χ0v) is 14.4. The molecule has 0 radical (unpaired) electrons. The molecular formula is C20H22ClNO2. The van der Waals surface area contributed by atoms with Crippen LogP contribution in [-0.2, 0) is 13.0 Å². The minimum Gasteiger partial charge on any atom is -0.478 e. The predicted octanol–water partition coefficient (Wildman–Crippen LogP) is 4.49. The van der Waals surface area contributed by atoms with Crippen molar-refractivity contribution in [3.05, 3.63) is 70.2 Å². The van der Waals surface area contributed by atoms with Crippen molar-refractivity contribution in [3.63, 3.8) is 0 Å². The second kappa shape index (κ2) is 7.82. The maximum absolute atomic E-state index is 11.1. The second-order valence-corrected chi connectivity index (χ2v) is 7.00. The van der Waals surface area contributed by atoms with Crippen LogP contribution >= 0.6 is 11.6 Å². The molecule has 1 N–H and O–H groups in total. The molecule has 0 unspecified atom stereocenters. The summed E-state index contributed by atoms with van der Waals surface area (Å²) in [6.45, 7) is 2.85. The first-order valence-electron chi connectivity index (χ1n) is 8.39. The van der Waals surface area contributed by atoms with Gasteiger partial charge in [0.05, 0.1) is 5.56 Å². The lowest BCUT2D eigenvalue weighted by molar-refractivity contribution is 0.0696. The molecule has 0 aliphatic heterocycles. The van der Waals surface area contributed by atoms with E-state index in [9.17, 15) is 4.79 Å². The normalized spacial score (nSPS) is 14.1. The fraction of sp³-hybridized carbons (Fsp3) is 0.350. The van der Waals surface area contributed by atoms with Crippen molar-refractivity contribution < 1.29 is 9.90 Å². The Morgan fingerprint density at radius 3 is 2.54 bits per heavy atom. The third-order valence-corrected chi connectivity index (χ3v) is 4.68. The van der Waals surface area contributed by atoms with Gasteiger partial charge in [-0.2, -0.15) is 0 Å². The van der Waals surface area contributed by atoms with Gasteiger partial charge in [0.25, 0.3) is 0 Å². The molecular weight excluding hydrogens is 322 g/mol. The Morgan fingerprint density at radius 2 is 1.88 bits per heavy atom. The van der Waals surface area contributed by atoms with E-state index >= 15 is 0 Å². The number of aromatic carboxylic acids is 1. The Morgan fingerprint density at radius 1 is 1.12 bits per heavy atom. The van der Waals surface area contributed by atoms with Gasteiger partial charge in [0, 0.05) is 24.7 Å². The van der Waals surface area contributed by atoms with Crippen LogP contribution in [-0.4, -0.2) is 29.1 Å². The molecule has 2 aromatic rings. The number of halogens is 1. The highest BCUT2D eigenvalue weighted by molar-refractivity contribution is 6.30. The largest absolute Gasteiger partial charge is 0.478 e. The maximum atomic E-state index is 11.1. The Bertz CT molecular complexity index is 695. The monoisotopic (exact) mass is 343 g/mol. The van der Waals surface area contributed by atoms with E-state index in [-0.39, 0.29) is 0 Å². The van der Waals surface area contributed by atoms with Crippen LogP contribution in [0.5, 0.6) is 0 Å². The number of rotatable bonds is 8. The number of carbonyl (C=O) groups is 1. The molecule has 0 aromatic heterocycles. The summed E-state index contributed by atoms with van der Waals surface area (Å²) in [7, 11) is 0. The molecule has 1 saturated carbocycles. The van der Waals surface area contributed by atoms with Crippen LogP contribution in [0.15, 0.2) is 48.5 Å². The van der Waals surface area contributed by atoms with Crippen LogP contribution in [0.1, 0.15) is 34.3 Å². The zero-order valence-electron chi connectivity index (χ0n) is 13.6. The SMILES string of the molecule is O=C(O)c1cccc(CN(CCc2ccc(Cl)cc2)CC2CC2)c1. The molecule has 24 heavy (non-hydrogen) atoms. The third-order valence-electron chi connectivity index (χ3n) is 4.42. The molecule has 0 saturated heterocycles. The lowest BCUT2D eigenvalue weighted by Crippen LogP contribution is -2.28. The lowest BCUT2D eigenvalue weighted by Gasteiger charge is -2.22. The molecule has 1 fully saturated rings. The summed E-state index contributed by atoms with van der Waals surface area (Å²) in [5, 5.41) is 9.91. The highest BCUT2D eigenvalue weighted by Crippen LogP contribution is 2.30. The number of carboxylic acids is 1. The van der Waals surface area contributed by atoms with Crippen LogP contribution < -0.4 is 0 Å². The maximum Gasteiger partial charge on any atom is 0.335 e. The molecule has 4 heteroatoms. The summed E-state index contributed by atoms with van der Waals surface area (Å²) < 4.78 is 0. The van der Waals surface area contributed by atoms with Gasteiger partial charge < -0.3 is 5.11 Å². The first-order valence-corrected chi connectivity index (χ1v) is 8.77. The topological polar surface area (TPSA) is 40.5 Å². The minimum absolute atomic E-state index is 0.358. The van der Waals surface area contributed by atoms with E-state index in [2.05, 4.69) is 17.0 Å². The van der Waals surface area contributed by atoms with Crippen LogP contribution in [0.25, 0.3) is 0 Å². The Balaban J connectivity index is 1.63. The van der Waals surface area contributed by atoms with Crippen LogP contribution in [0.4, 0.5) is 0 Å². The molecule has 1 aliphatic carbocycles. The van der Waals surface area contributed by atoms with Crippen molar-refractivity contribution in [1.29, 1.82) is 0 Å². The van der Waals surface area contributed by atoms with E-state index < -0.39 is 5.97 Å². The third kappa shape index (κ3) is 5.08. The Kier molecular flexibility index (Phi) is 5.54. The van der Waals surface area contributed by atoms with E-state index in [1.165, 1.54) is 18.4 Å². The smallest absolute Gasteiger partial charge is 0.335 e. The molecule has 1 aliphatic rings. The Hall–Kier alpha value is -1.84. The van der Waals surface area contributed by atoms with Gasteiger partial charge in [0.2, 0.25) is 0 Å². The number of hydrogen-bond acceptors (Lipinski definition) is 2. The van der Waals surface area contributed by atoms with Gasteiger partial charge in [-0.15, -0.1) is 0 Å².